The zero-order valence-electron chi connectivity index (χ0n) is 26.7. The predicted octanol–water partition coefficient (Wildman–Crippen LogP) is 10.1. The molecule has 1 fully saturated rings. The van der Waals surface area contributed by atoms with Crippen molar-refractivity contribution in [1.29, 1.82) is 0 Å². The molecule has 0 radical (unpaired) electrons. The highest BCUT2D eigenvalue weighted by Gasteiger charge is 2.38. The van der Waals surface area contributed by atoms with Crippen molar-refractivity contribution >= 4 is 11.9 Å². The molecule has 0 atom stereocenters. The fourth-order valence-electron chi connectivity index (χ4n) is 5.82. The van der Waals surface area contributed by atoms with Gasteiger partial charge in [0.1, 0.15) is 34.5 Å². The second kappa shape index (κ2) is 14.3. The molecule has 46 heavy (non-hydrogen) atoms. The van der Waals surface area contributed by atoms with Crippen LogP contribution in [0.1, 0.15) is 64.0 Å². The molecule has 0 aromatic heterocycles. The monoisotopic (exact) mass is 616 g/mol. The van der Waals surface area contributed by atoms with Gasteiger partial charge in [-0.1, -0.05) is 50.8 Å². The van der Waals surface area contributed by atoms with Crippen molar-refractivity contribution in [3.63, 3.8) is 0 Å². The van der Waals surface area contributed by atoms with Crippen LogP contribution in [-0.2, 0) is 15.0 Å². The third-order valence-corrected chi connectivity index (χ3v) is 8.59. The molecule has 1 aliphatic rings. The van der Waals surface area contributed by atoms with Crippen molar-refractivity contribution < 1.29 is 28.5 Å². The number of rotatable bonds is 11. The van der Waals surface area contributed by atoms with Crippen LogP contribution < -0.4 is 18.9 Å². The van der Waals surface area contributed by atoms with Crippen LogP contribution in [0.5, 0.6) is 34.5 Å². The molecule has 4 aromatic carbocycles. The van der Waals surface area contributed by atoms with Gasteiger partial charge in [0, 0.05) is 16.6 Å². The molecule has 4 aromatic rings. The summed E-state index contributed by atoms with van der Waals surface area (Å²) in [4.78, 5) is 23.6. The van der Waals surface area contributed by atoms with Crippen LogP contribution in [0.2, 0.25) is 0 Å². The van der Waals surface area contributed by atoms with E-state index in [1.807, 2.05) is 24.3 Å². The smallest absolute Gasteiger partial charge is 0.338 e. The zero-order chi connectivity index (χ0) is 32.7. The molecule has 1 saturated carbocycles. The van der Waals surface area contributed by atoms with E-state index in [1.54, 1.807) is 62.4 Å². The number of carbonyl (C=O) groups excluding carboxylic acids is 2. The normalized spacial score (nSPS) is 14.2. The number of hydrogen-bond acceptors (Lipinski definition) is 6. The highest BCUT2D eigenvalue weighted by atomic mass is 16.5. The highest BCUT2D eigenvalue weighted by molar-refractivity contribution is 5.89. The van der Waals surface area contributed by atoms with Crippen molar-refractivity contribution in [3.8, 4) is 34.5 Å². The van der Waals surface area contributed by atoms with Crippen LogP contribution >= 0.6 is 0 Å². The summed E-state index contributed by atoms with van der Waals surface area (Å²) in [5, 5.41) is 0. The standard InChI is InChI=1S/C40H40O6/c1-6-29-23-25-40(26-24-29,30-7-11-32(12-8-30)43-34-15-19-36(20-16-34)45-38(41)27(2)3)31-9-13-33(14-10-31)44-35-17-21-37(22-18-35)46-39(42)28(4)5/h7-22,29H,2,4,6,23-26H2,1,3,5H3. The van der Waals surface area contributed by atoms with Crippen molar-refractivity contribution in [3.05, 3.63) is 132 Å². The van der Waals surface area contributed by atoms with Crippen LogP contribution in [-0.4, -0.2) is 11.9 Å². The maximum Gasteiger partial charge on any atom is 0.338 e. The van der Waals surface area contributed by atoms with Crippen LogP contribution in [0.3, 0.4) is 0 Å². The third kappa shape index (κ3) is 7.75. The van der Waals surface area contributed by atoms with Gasteiger partial charge < -0.3 is 18.9 Å². The average molecular weight is 617 g/mol. The summed E-state index contributed by atoms with van der Waals surface area (Å²) < 4.78 is 22.8. The lowest BCUT2D eigenvalue weighted by atomic mass is 9.63. The first kappa shape index (κ1) is 32.3. The Morgan fingerprint density at radius 3 is 1.20 bits per heavy atom. The first-order valence-electron chi connectivity index (χ1n) is 15.7. The van der Waals surface area contributed by atoms with E-state index in [0.717, 1.165) is 30.3 Å². The van der Waals surface area contributed by atoms with Crippen molar-refractivity contribution in [1.82, 2.24) is 0 Å². The van der Waals surface area contributed by atoms with Crippen molar-refractivity contribution in [2.24, 2.45) is 5.92 Å². The second-order valence-corrected chi connectivity index (χ2v) is 12.0. The lowest BCUT2D eigenvalue weighted by molar-refractivity contribution is -0.130. The Bertz CT molecular complexity index is 1560. The third-order valence-electron chi connectivity index (χ3n) is 8.59. The molecule has 236 valence electrons. The Morgan fingerprint density at radius 1 is 0.587 bits per heavy atom. The van der Waals surface area contributed by atoms with Crippen molar-refractivity contribution in [2.75, 3.05) is 0 Å². The number of esters is 2. The van der Waals surface area contributed by atoms with E-state index in [9.17, 15) is 9.59 Å². The summed E-state index contributed by atoms with van der Waals surface area (Å²) in [6, 6.07) is 30.7. The highest BCUT2D eigenvalue weighted by Crippen LogP contribution is 2.48. The molecule has 0 spiro atoms. The van der Waals surface area contributed by atoms with E-state index < -0.39 is 11.9 Å². The molecule has 0 aliphatic heterocycles. The van der Waals surface area contributed by atoms with Gasteiger partial charge in [0.2, 0.25) is 0 Å². The molecule has 0 unspecified atom stereocenters. The van der Waals surface area contributed by atoms with E-state index >= 15 is 0 Å². The van der Waals surface area contributed by atoms with Crippen LogP contribution in [0.15, 0.2) is 121 Å². The lowest BCUT2D eigenvalue weighted by Crippen LogP contribution is -2.33. The summed E-state index contributed by atoms with van der Waals surface area (Å²) in [7, 11) is 0. The minimum atomic E-state index is -0.455. The minimum Gasteiger partial charge on any atom is -0.457 e. The van der Waals surface area contributed by atoms with Gasteiger partial charge in [0.25, 0.3) is 0 Å². The fraction of sp³-hybridized carbons (Fsp3) is 0.250. The molecule has 0 amide bonds. The molecule has 0 N–H and O–H groups in total. The maximum atomic E-state index is 11.8. The number of hydrogen-bond donors (Lipinski definition) is 0. The first-order chi connectivity index (χ1) is 22.1. The Balaban J connectivity index is 1.30. The predicted molar refractivity (Wildman–Crippen MR) is 180 cm³/mol. The summed E-state index contributed by atoms with van der Waals surface area (Å²) in [5.74, 6) is 3.49. The van der Waals surface area contributed by atoms with E-state index in [0.29, 0.717) is 34.1 Å². The second-order valence-electron chi connectivity index (χ2n) is 12.0. The molecule has 1 aliphatic carbocycles. The maximum absolute atomic E-state index is 11.8. The van der Waals surface area contributed by atoms with E-state index in [4.69, 9.17) is 18.9 Å². The molecule has 0 heterocycles. The average Bonchev–Trinajstić information content (AvgIpc) is 3.07. The minimum absolute atomic E-state index is 0.105. The number of benzene rings is 4. The summed E-state index contributed by atoms with van der Waals surface area (Å²) >= 11 is 0. The van der Waals surface area contributed by atoms with Crippen LogP contribution in [0, 0.1) is 5.92 Å². The van der Waals surface area contributed by atoms with Gasteiger partial charge >= 0.3 is 11.9 Å². The van der Waals surface area contributed by atoms with E-state index in [-0.39, 0.29) is 5.41 Å². The molecule has 6 heteroatoms. The van der Waals surface area contributed by atoms with Gasteiger partial charge in [-0.15, -0.1) is 0 Å². The Morgan fingerprint density at radius 2 is 0.891 bits per heavy atom. The van der Waals surface area contributed by atoms with Crippen LogP contribution in [0.25, 0.3) is 0 Å². The van der Waals surface area contributed by atoms with E-state index in [2.05, 4.69) is 44.3 Å². The lowest BCUT2D eigenvalue weighted by Gasteiger charge is -2.41. The van der Waals surface area contributed by atoms with E-state index in [1.165, 1.54) is 30.4 Å². The molecule has 6 nitrogen and oxygen atoms in total. The summed E-state index contributed by atoms with van der Waals surface area (Å²) in [5.41, 5.74) is 3.12. The van der Waals surface area contributed by atoms with Gasteiger partial charge in [-0.3, -0.25) is 0 Å². The van der Waals surface area contributed by atoms with Gasteiger partial charge in [-0.2, -0.15) is 0 Å². The number of carbonyl (C=O) groups is 2. The molecular formula is C40H40O6. The number of ether oxygens (including phenoxy) is 4. The van der Waals surface area contributed by atoms with Gasteiger partial charge in [-0.05, 0) is 129 Å². The first-order valence-corrected chi connectivity index (χ1v) is 15.7. The quantitative estimate of drug-likeness (QED) is 0.0949. The largest absolute Gasteiger partial charge is 0.457 e. The summed E-state index contributed by atoms with van der Waals surface area (Å²) in [6.45, 7) is 12.7. The molecule has 0 saturated heterocycles. The van der Waals surface area contributed by atoms with Crippen molar-refractivity contribution in [2.45, 2.75) is 58.3 Å². The summed E-state index contributed by atoms with van der Waals surface area (Å²) in [6.07, 6.45) is 5.70. The fourth-order valence-corrected chi connectivity index (χ4v) is 5.82. The van der Waals surface area contributed by atoms with Gasteiger partial charge in [-0.25, -0.2) is 9.59 Å². The Kier molecular flexibility index (Phi) is 10.1. The Labute approximate surface area is 271 Å². The van der Waals surface area contributed by atoms with Gasteiger partial charge in [0.05, 0.1) is 0 Å². The molecular weight excluding hydrogens is 576 g/mol. The molecule has 5 rings (SSSR count). The van der Waals surface area contributed by atoms with Gasteiger partial charge in [0.15, 0.2) is 0 Å². The Hall–Kier alpha value is -5.10. The topological polar surface area (TPSA) is 71.1 Å². The zero-order valence-corrected chi connectivity index (χ0v) is 26.7. The SMILES string of the molecule is C=C(C)C(=O)Oc1ccc(Oc2ccc(C3(c4ccc(Oc5ccc(OC(=O)C(=C)C)cc5)cc4)CCC(CC)CC3)cc2)cc1. The van der Waals surface area contributed by atoms with Crippen LogP contribution in [0.4, 0.5) is 0 Å². The molecule has 0 bridgehead atoms.